The van der Waals surface area contributed by atoms with Crippen molar-refractivity contribution in [2.45, 2.75) is 19.4 Å². The summed E-state index contributed by atoms with van der Waals surface area (Å²) < 4.78 is 14.8. The summed E-state index contributed by atoms with van der Waals surface area (Å²) in [5, 5.41) is 4.05. The first-order valence-corrected chi connectivity index (χ1v) is 10.7. The van der Waals surface area contributed by atoms with Crippen molar-refractivity contribution in [2.24, 2.45) is 0 Å². The Morgan fingerprint density at radius 1 is 1.15 bits per heavy atom. The molecule has 1 unspecified atom stereocenters. The van der Waals surface area contributed by atoms with Crippen molar-refractivity contribution < 1.29 is 4.39 Å². The molecule has 0 amide bonds. The number of aromatic nitrogens is 5. The van der Waals surface area contributed by atoms with Gasteiger partial charge in [0.2, 0.25) is 0 Å². The van der Waals surface area contributed by atoms with E-state index >= 15 is 0 Å². The zero-order valence-corrected chi connectivity index (χ0v) is 18.3. The van der Waals surface area contributed by atoms with Crippen LogP contribution in [0, 0.1) is 5.82 Å². The molecule has 5 rings (SSSR count). The second-order valence-electron chi connectivity index (χ2n) is 7.43. The minimum atomic E-state index is -0.373. The molecule has 1 atom stereocenters. The lowest BCUT2D eigenvalue weighted by Gasteiger charge is -2.23. The SMILES string of the molecule is CCC(Nc1ccnc2nc[nH]c12)c1nc2cccc(Cl)c2c(=O)n1Nc1ccc(F)cc1. The number of benzene rings is 2. The molecule has 3 N–H and O–H groups in total. The van der Waals surface area contributed by atoms with E-state index in [9.17, 15) is 9.18 Å². The molecule has 0 aliphatic carbocycles. The van der Waals surface area contributed by atoms with Crippen LogP contribution < -0.4 is 16.3 Å². The van der Waals surface area contributed by atoms with E-state index in [1.165, 1.54) is 16.8 Å². The van der Waals surface area contributed by atoms with Crippen LogP contribution in [0.4, 0.5) is 15.8 Å². The zero-order valence-electron chi connectivity index (χ0n) is 17.5. The second kappa shape index (κ2) is 8.51. The molecule has 0 fully saturated rings. The maximum absolute atomic E-state index is 13.5. The zero-order chi connectivity index (χ0) is 22.9. The summed E-state index contributed by atoms with van der Waals surface area (Å²) in [6.45, 7) is 1.99. The van der Waals surface area contributed by atoms with Gasteiger partial charge in [-0.25, -0.2) is 24.0 Å². The fourth-order valence-corrected chi connectivity index (χ4v) is 3.96. The molecular weight excluding hydrogens is 445 g/mol. The quantitative estimate of drug-likeness (QED) is 0.331. The standard InChI is InChI=1S/C23H19ClFN7O/c1-2-16(29-18-10-11-26-21-20(18)27-12-28-21)22-30-17-5-3-4-15(24)19(17)23(33)32(22)31-14-8-6-13(25)7-9-14/h3-12,16,31H,2H2,1H3,(H2,26,27,28,29). The number of anilines is 2. The van der Waals surface area contributed by atoms with Gasteiger partial charge < -0.3 is 10.3 Å². The first kappa shape index (κ1) is 20.9. The van der Waals surface area contributed by atoms with E-state index in [1.807, 2.05) is 13.0 Å². The van der Waals surface area contributed by atoms with E-state index in [4.69, 9.17) is 16.6 Å². The van der Waals surface area contributed by atoms with Crippen LogP contribution in [0.1, 0.15) is 25.2 Å². The summed E-state index contributed by atoms with van der Waals surface area (Å²) in [4.78, 5) is 29.8. The molecule has 33 heavy (non-hydrogen) atoms. The summed E-state index contributed by atoms with van der Waals surface area (Å²) in [5.74, 6) is 0.0771. The highest BCUT2D eigenvalue weighted by molar-refractivity contribution is 6.35. The average molecular weight is 464 g/mol. The molecule has 10 heteroatoms. The van der Waals surface area contributed by atoms with Gasteiger partial charge in [0.05, 0.1) is 39.7 Å². The van der Waals surface area contributed by atoms with Crippen LogP contribution in [-0.4, -0.2) is 24.6 Å². The van der Waals surface area contributed by atoms with Gasteiger partial charge in [0.1, 0.15) is 11.3 Å². The van der Waals surface area contributed by atoms with Gasteiger partial charge in [-0.1, -0.05) is 24.6 Å². The number of fused-ring (bicyclic) bond motifs is 2. The Bertz CT molecular complexity index is 1510. The van der Waals surface area contributed by atoms with Gasteiger partial charge in [-0.05, 0) is 48.9 Å². The van der Waals surface area contributed by atoms with Gasteiger partial charge in [-0.15, -0.1) is 0 Å². The Hall–Kier alpha value is -3.98. The van der Waals surface area contributed by atoms with Crippen molar-refractivity contribution in [1.82, 2.24) is 24.6 Å². The molecule has 0 saturated carbocycles. The number of pyridine rings is 1. The number of nitrogens with one attached hydrogen (secondary N) is 3. The van der Waals surface area contributed by atoms with Crippen LogP contribution in [0.2, 0.25) is 5.02 Å². The summed E-state index contributed by atoms with van der Waals surface area (Å²) in [6, 6.07) is 12.4. The number of aromatic amines is 1. The van der Waals surface area contributed by atoms with Crippen LogP contribution in [0.5, 0.6) is 0 Å². The Balaban J connectivity index is 1.66. The van der Waals surface area contributed by atoms with Crippen LogP contribution in [0.3, 0.4) is 0 Å². The van der Waals surface area contributed by atoms with Gasteiger partial charge in [-0.3, -0.25) is 10.2 Å². The fraction of sp³-hybridized carbons (Fsp3) is 0.130. The lowest BCUT2D eigenvalue weighted by molar-refractivity contribution is 0.626. The van der Waals surface area contributed by atoms with E-state index in [0.717, 1.165) is 11.2 Å². The van der Waals surface area contributed by atoms with E-state index < -0.39 is 0 Å². The molecule has 3 heterocycles. The number of imidazole rings is 1. The van der Waals surface area contributed by atoms with Crippen molar-refractivity contribution in [3.05, 3.63) is 88.1 Å². The predicted octanol–water partition coefficient (Wildman–Crippen LogP) is 4.90. The molecule has 0 aliphatic rings. The highest BCUT2D eigenvalue weighted by atomic mass is 35.5. The summed E-state index contributed by atoms with van der Waals surface area (Å²) in [5.41, 5.74) is 5.83. The van der Waals surface area contributed by atoms with Crippen molar-refractivity contribution in [1.29, 1.82) is 0 Å². The third-order valence-electron chi connectivity index (χ3n) is 5.33. The molecular formula is C23H19ClFN7O. The van der Waals surface area contributed by atoms with Crippen molar-refractivity contribution in [3.8, 4) is 0 Å². The van der Waals surface area contributed by atoms with Crippen molar-refractivity contribution in [3.63, 3.8) is 0 Å². The minimum absolute atomic E-state index is 0.298. The number of rotatable bonds is 6. The number of hydrogen-bond acceptors (Lipinski definition) is 6. The van der Waals surface area contributed by atoms with Crippen molar-refractivity contribution in [2.75, 3.05) is 10.7 Å². The average Bonchev–Trinajstić information content (AvgIpc) is 3.30. The first-order valence-electron chi connectivity index (χ1n) is 10.3. The normalized spacial score (nSPS) is 12.2. The van der Waals surface area contributed by atoms with E-state index in [2.05, 4.69) is 25.7 Å². The Labute approximate surface area is 192 Å². The highest BCUT2D eigenvalue weighted by Crippen LogP contribution is 2.27. The first-order chi connectivity index (χ1) is 16.0. The fourth-order valence-electron chi connectivity index (χ4n) is 3.71. The maximum Gasteiger partial charge on any atom is 0.281 e. The summed E-state index contributed by atoms with van der Waals surface area (Å²) in [6.07, 6.45) is 3.85. The van der Waals surface area contributed by atoms with Crippen molar-refractivity contribution >= 4 is 45.0 Å². The lowest BCUT2D eigenvalue weighted by Crippen LogP contribution is -2.34. The highest BCUT2D eigenvalue weighted by Gasteiger charge is 2.21. The van der Waals surface area contributed by atoms with E-state index in [1.54, 1.807) is 42.9 Å². The van der Waals surface area contributed by atoms with Crippen LogP contribution >= 0.6 is 11.6 Å². The minimum Gasteiger partial charge on any atom is -0.373 e. The third-order valence-corrected chi connectivity index (χ3v) is 5.65. The van der Waals surface area contributed by atoms with Crippen LogP contribution in [-0.2, 0) is 0 Å². The van der Waals surface area contributed by atoms with Gasteiger partial charge >= 0.3 is 0 Å². The van der Waals surface area contributed by atoms with Gasteiger partial charge in [0, 0.05) is 6.20 Å². The van der Waals surface area contributed by atoms with Gasteiger partial charge in [0.25, 0.3) is 5.56 Å². The van der Waals surface area contributed by atoms with Gasteiger partial charge in [-0.2, -0.15) is 0 Å². The number of H-pyrrole nitrogens is 1. The van der Waals surface area contributed by atoms with E-state index in [-0.39, 0.29) is 17.4 Å². The number of nitrogens with zero attached hydrogens (tertiary/aromatic N) is 4. The number of hydrogen-bond donors (Lipinski definition) is 3. The van der Waals surface area contributed by atoms with Crippen LogP contribution in [0.25, 0.3) is 22.1 Å². The molecule has 0 aliphatic heterocycles. The predicted molar refractivity (Wildman–Crippen MR) is 127 cm³/mol. The second-order valence-corrected chi connectivity index (χ2v) is 7.84. The molecule has 2 aromatic carbocycles. The Morgan fingerprint density at radius 2 is 1.97 bits per heavy atom. The molecule has 166 valence electrons. The summed E-state index contributed by atoms with van der Waals surface area (Å²) >= 11 is 6.34. The Morgan fingerprint density at radius 3 is 2.76 bits per heavy atom. The topological polar surface area (TPSA) is 101 Å². The third kappa shape index (κ3) is 3.87. The molecule has 3 aromatic heterocycles. The molecule has 0 spiro atoms. The maximum atomic E-state index is 13.5. The molecule has 0 radical (unpaired) electrons. The molecule has 8 nitrogen and oxygen atoms in total. The lowest BCUT2D eigenvalue weighted by atomic mass is 10.1. The van der Waals surface area contributed by atoms with Crippen LogP contribution in [0.15, 0.2) is 65.8 Å². The number of halogens is 2. The Kier molecular flexibility index (Phi) is 5.39. The molecule has 0 bridgehead atoms. The largest absolute Gasteiger partial charge is 0.373 e. The van der Waals surface area contributed by atoms with E-state index in [0.29, 0.717) is 39.5 Å². The smallest absolute Gasteiger partial charge is 0.281 e. The summed E-state index contributed by atoms with van der Waals surface area (Å²) in [7, 11) is 0. The van der Waals surface area contributed by atoms with Gasteiger partial charge in [0.15, 0.2) is 11.5 Å². The molecule has 5 aromatic rings. The molecule has 0 saturated heterocycles. The monoisotopic (exact) mass is 463 g/mol.